The molecule has 1 aromatic heterocycles. The number of nitrogens with two attached hydrogens (primary N) is 1. The predicted octanol–water partition coefficient (Wildman–Crippen LogP) is 3.95. The summed E-state index contributed by atoms with van der Waals surface area (Å²) in [7, 11) is -3.80. The van der Waals surface area contributed by atoms with Crippen LogP contribution in [0.15, 0.2) is 52.5 Å². The van der Waals surface area contributed by atoms with Gasteiger partial charge in [0.2, 0.25) is 15.9 Å². The molecule has 0 bridgehead atoms. The number of aromatic nitrogens is 2. The number of nitrogens with zero attached hydrogens (tertiary/aromatic N) is 2. The molecular formula is C21H26N4O3S2. The number of hydrogen-bond acceptors (Lipinski definition) is 5. The number of anilines is 1. The number of fused-ring (bicyclic) bond motifs is 1. The van der Waals surface area contributed by atoms with Crippen LogP contribution in [0.3, 0.4) is 0 Å². The minimum absolute atomic E-state index is 0.0166. The molecule has 3 rings (SSSR count). The zero-order valence-corrected chi connectivity index (χ0v) is 19.0. The van der Waals surface area contributed by atoms with E-state index >= 15 is 0 Å². The van der Waals surface area contributed by atoms with Crippen LogP contribution in [0.2, 0.25) is 0 Å². The van der Waals surface area contributed by atoms with Gasteiger partial charge in [-0.2, -0.15) is 0 Å². The Morgan fingerprint density at radius 2 is 1.83 bits per heavy atom. The highest BCUT2D eigenvalue weighted by atomic mass is 32.2. The summed E-state index contributed by atoms with van der Waals surface area (Å²) in [6.45, 7) is 8.67. The quantitative estimate of drug-likeness (QED) is 0.535. The number of benzene rings is 2. The molecule has 0 saturated heterocycles. The molecule has 0 saturated carbocycles. The number of sulfonamides is 1. The van der Waals surface area contributed by atoms with Crippen LogP contribution in [0.4, 0.5) is 5.69 Å². The number of primary sulfonamides is 1. The number of carbonyl (C=O) groups is 1. The molecule has 3 aromatic rings. The topological polar surface area (TPSA) is 107 Å². The van der Waals surface area contributed by atoms with E-state index < -0.39 is 15.3 Å². The van der Waals surface area contributed by atoms with Crippen LogP contribution >= 0.6 is 11.8 Å². The molecule has 9 heteroatoms. The average molecular weight is 447 g/mol. The van der Waals surface area contributed by atoms with Crippen molar-refractivity contribution in [3.05, 3.63) is 48.0 Å². The number of thioether (sulfide) groups is 1. The molecule has 1 unspecified atom stereocenters. The third-order valence-corrected chi connectivity index (χ3v) is 6.83. The van der Waals surface area contributed by atoms with Gasteiger partial charge in [0.25, 0.3) is 0 Å². The fraction of sp³-hybridized carbons (Fsp3) is 0.333. The van der Waals surface area contributed by atoms with Crippen LogP contribution < -0.4 is 10.5 Å². The van der Waals surface area contributed by atoms with E-state index in [9.17, 15) is 13.2 Å². The van der Waals surface area contributed by atoms with Crippen LogP contribution in [0, 0.1) is 0 Å². The summed E-state index contributed by atoms with van der Waals surface area (Å²) in [6, 6.07) is 12.5. The summed E-state index contributed by atoms with van der Waals surface area (Å²) >= 11 is 1.33. The second-order valence-electron chi connectivity index (χ2n) is 7.36. The summed E-state index contributed by atoms with van der Waals surface area (Å²) in [4.78, 5) is 17.2. The number of rotatable bonds is 7. The van der Waals surface area contributed by atoms with E-state index in [0.717, 1.165) is 11.2 Å². The van der Waals surface area contributed by atoms with Gasteiger partial charge in [0.15, 0.2) is 5.16 Å². The molecule has 160 valence electrons. The highest BCUT2D eigenvalue weighted by Crippen LogP contribution is 2.29. The fourth-order valence-corrected chi connectivity index (χ4v) is 4.59. The lowest BCUT2D eigenvalue weighted by Gasteiger charge is -2.13. The van der Waals surface area contributed by atoms with Gasteiger partial charge in [0, 0.05) is 12.2 Å². The van der Waals surface area contributed by atoms with Gasteiger partial charge in [0.1, 0.15) is 0 Å². The van der Waals surface area contributed by atoms with Crippen molar-refractivity contribution in [1.29, 1.82) is 0 Å². The Morgan fingerprint density at radius 1 is 1.17 bits per heavy atom. The molecular weight excluding hydrogens is 420 g/mol. The van der Waals surface area contributed by atoms with Gasteiger partial charge in [-0.05, 0) is 55.7 Å². The van der Waals surface area contributed by atoms with Gasteiger partial charge in [-0.25, -0.2) is 18.5 Å². The van der Waals surface area contributed by atoms with E-state index in [1.165, 1.54) is 29.5 Å². The first kappa shape index (κ1) is 22.3. The summed E-state index contributed by atoms with van der Waals surface area (Å²) in [6.07, 6.45) is 0. The summed E-state index contributed by atoms with van der Waals surface area (Å²) in [5.74, 6) is 0.304. The molecule has 0 aliphatic rings. The molecule has 0 fully saturated rings. The number of hydrogen-bond donors (Lipinski definition) is 2. The Kier molecular flexibility index (Phi) is 6.54. The minimum atomic E-state index is -3.80. The first-order valence-corrected chi connectivity index (χ1v) is 12.1. The van der Waals surface area contributed by atoms with E-state index in [1.54, 1.807) is 6.07 Å². The van der Waals surface area contributed by atoms with Crippen LogP contribution in [-0.2, 0) is 21.4 Å². The van der Waals surface area contributed by atoms with Gasteiger partial charge >= 0.3 is 0 Å². The molecule has 2 aromatic carbocycles. The number of amides is 1. The van der Waals surface area contributed by atoms with Crippen molar-refractivity contribution in [2.45, 2.75) is 55.5 Å². The standard InChI is InChI=1S/C21H26N4O3S2/c1-5-25-19-11-10-17(30(22,27)28)12-18(19)24-21(25)29-14(4)20(26)23-16-8-6-15(7-9-16)13(2)3/h6-14H,5H2,1-4H3,(H,23,26)(H2,22,27,28). The van der Waals surface area contributed by atoms with E-state index in [0.29, 0.717) is 23.1 Å². The van der Waals surface area contributed by atoms with Crippen LogP contribution in [0.1, 0.15) is 39.2 Å². The van der Waals surface area contributed by atoms with Gasteiger partial charge in [-0.15, -0.1) is 0 Å². The van der Waals surface area contributed by atoms with Crippen molar-refractivity contribution in [1.82, 2.24) is 9.55 Å². The van der Waals surface area contributed by atoms with Crippen molar-refractivity contribution in [2.75, 3.05) is 5.32 Å². The second kappa shape index (κ2) is 8.79. The molecule has 0 aliphatic heterocycles. The number of carbonyl (C=O) groups excluding carboxylic acids is 1. The first-order chi connectivity index (χ1) is 14.1. The van der Waals surface area contributed by atoms with Gasteiger partial charge in [-0.1, -0.05) is 37.7 Å². The number of aryl methyl sites for hydroxylation is 1. The highest BCUT2D eigenvalue weighted by Gasteiger charge is 2.20. The summed E-state index contributed by atoms with van der Waals surface area (Å²) in [5.41, 5.74) is 3.29. The molecule has 0 radical (unpaired) electrons. The monoisotopic (exact) mass is 446 g/mol. The van der Waals surface area contributed by atoms with Crippen molar-refractivity contribution < 1.29 is 13.2 Å². The van der Waals surface area contributed by atoms with Crippen molar-refractivity contribution in [2.24, 2.45) is 5.14 Å². The van der Waals surface area contributed by atoms with Gasteiger partial charge in [-0.3, -0.25) is 4.79 Å². The SMILES string of the molecule is CCn1c(SC(C)C(=O)Nc2ccc(C(C)C)cc2)nc2cc(S(N)(=O)=O)ccc21. The molecule has 3 N–H and O–H groups in total. The zero-order chi connectivity index (χ0) is 22.1. The average Bonchev–Trinajstić information content (AvgIpc) is 3.03. The first-order valence-electron chi connectivity index (χ1n) is 9.70. The maximum absolute atomic E-state index is 12.7. The third kappa shape index (κ3) is 4.85. The maximum atomic E-state index is 12.7. The molecule has 1 heterocycles. The Balaban J connectivity index is 1.79. The predicted molar refractivity (Wildman–Crippen MR) is 121 cm³/mol. The van der Waals surface area contributed by atoms with E-state index in [4.69, 9.17) is 5.14 Å². The Labute approximate surface area is 181 Å². The van der Waals surface area contributed by atoms with Crippen LogP contribution in [0.25, 0.3) is 11.0 Å². The smallest absolute Gasteiger partial charge is 0.238 e. The maximum Gasteiger partial charge on any atom is 0.238 e. The molecule has 0 aliphatic carbocycles. The van der Waals surface area contributed by atoms with E-state index in [1.807, 2.05) is 42.7 Å². The molecule has 30 heavy (non-hydrogen) atoms. The molecule has 7 nitrogen and oxygen atoms in total. The molecule has 1 atom stereocenters. The fourth-order valence-electron chi connectivity index (χ4n) is 3.07. The van der Waals surface area contributed by atoms with Crippen molar-refractivity contribution >= 4 is 44.4 Å². The number of imidazole rings is 1. The van der Waals surface area contributed by atoms with Gasteiger partial charge < -0.3 is 9.88 Å². The van der Waals surface area contributed by atoms with Crippen LogP contribution in [0.5, 0.6) is 0 Å². The Morgan fingerprint density at radius 3 is 2.40 bits per heavy atom. The van der Waals surface area contributed by atoms with Gasteiger partial charge in [0.05, 0.1) is 21.2 Å². The Bertz CT molecular complexity index is 1170. The molecule has 0 spiro atoms. The van der Waals surface area contributed by atoms with Crippen LogP contribution in [-0.4, -0.2) is 29.1 Å². The van der Waals surface area contributed by atoms with E-state index in [-0.39, 0.29) is 10.8 Å². The lowest BCUT2D eigenvalue weighted by molar-refractivity contribution is -0.115. The van der Waals surface area contributed by atoms with Crippen molar-refractivity contribution in [3.8, 4) is 0 Å². The largest absolute Gasteiger partial charge is 0.325 e. The normalized spacial score (nSPS) is 13.0. The van der Waals surface area contributed by atoms with Crippen molar-refractivity contribution in [3.63, 3.8) is 0 Å². The van der Waals surface area contributed by atoms with E-state index in [2.05, 4.69) is 24.1 Å². The minimum Gasteiger partial charge on any atom is -0.325 e. The lowest BCUT2D eigenvalue weighted by atomic mass is 10.0. The zero-order valence-electron chi connectivity index (χ0n) is 17.4. The Hall–Kier alpha value is -2.36. The highest BCUT2D eigenvalue weighted by molar-refractivity contribution is 8.00. The third-order valence-electron chi connectivity index (χ3n) is 4.83. The summed E-state index contributed by atoms with van der Waals surface area (Å²) < 4.78 is 25.2. The number of nitrogens with one attached hydrogen (secondary N) is 1. The lowest BCUT2D eigenvalue weighted by Crippen LogP contribution is -2.22. The molecule has 1 amide bonds. The second-order valence-corrected chi connectivity index (χ2v) is 10.2. The summed E-state index contributed by atoms with van der Waals surface area (Å²) in [5, 5.41) is 8.42.